The first-order valence-corrected chi connectivity index (χ1v) is 26.2. The molecule has 0 bridgehead atoms. The average Bonchev–Trinajstić information content (AvgIpc) is 3.37. The fraction of sp³-hybridized carbons (Fsp3) is 0.278. The molecule has 0 amide bonds. The van der Waals surface area contributed by atoms with Gasteiger partial charge in [-0.15, -0.1) is 4.95 Å². The van der Waals surface area contributed by atoms with Crippen LogP contribution in [0.4, 0.5) is 23.3 Å². The minimum Gasteiger partial charge on any atom is -0.484 e. The number of ether oxygens (including phenoxy) is 2. The number of carbonyl (C=O) groups is 1. The predicted molar refractivity (Wildman–Crippen MR) is 273 cm³/mol. The highest BCUT2D eigenvalue weighted by atomic mass is 28.3. The van der Waals surface area contributed by atoms with E-state index in [-0.39, 0.29) is 5.78 Å². The van der Waals surface area contributed by atoms with Crippen LogP contribution in [0.15, 0.2) is 138 Å². The highest BCUT2D eigenvalue weighted by molar-refractivity contribution is 6.75. The van der Waals surface area contributed by atoms with Gasteiger partial charge in [0.2, 0.25) is 11.9 Å². The third-order valence-corrected chi connectivity index (χ3v) is 13.0. The number of fused-ring (bicyclic) bond motifs is 2. The molecule has 69 heavy (non-hydrogen) atoms. The Balaban J connectivity index is 0.000000164. The smallest absolute Gasteiger partial charge is 0.225 e. The van der Waals surface area contributed by atoms with Crippen LogP contribution in [0, 0.1) is 19.7 Å². The van der Waals surface area contributed by atoms with Crippen LogP contribution in [0.2, 0.25) is 19.6 Å². The van der Waals surface area contributed by atoms with Gasteiger partial charge in [0.1, 0.15) is 28.4 Å². The van der Waals surface area contributed by atoms with E-state index >= 15 is 0 Å². The number of anilines is 2. The van der Waals surface area contributed by atoms with Crippen molar-refractivity contribution in [1.82, 2.24) is 19.9 Å². The number of benzene rings is 4. The maximum absolute atomic E-state index is 13.1. The van der Waals surface area contributed by atoms with Gasteiger partial charge in [-0.1, -0.05) is 48.5 Å². The molecule has 10 rings (SSSR count). The first kappa shape index (κ1) is 47.2. The fourth-order valence-corrected chi connectivity index (χ4v) is 9.64. The molecule has 0 radical (unpaired) electrons. The molecular weight excluding hydrogens is 879 g/mol. The zero-order valence-corrected chi connectivity index (χ0v) is 40.0. The lowest BCUT2D eigenvalue weighted by Crippen LogP contribution is -2.55. The van der Waals surface area contributed by atoms with Gasteiger partial charge in [-0.25, -0.2) is 29.6 Å². The molecule has 344 valence electrons. The van der Waals surface area contributed by atoms with E-state index < -0.39 is 19.4 Å². The van der Waals surface area contributed by atoms with Gasteiger partial charge in [0, 0.05) is 49.9 Å². The Hall–Kier alpha value is -8.28. The number of aromatic nitrogens is 4. The molecule has 0 saturated carbocycles. The third kappa shape index (κ3) is 11.3. The first-order chi connectivity index (χ1) is 33.4. The van der Waals surface area contributed by atoms with Gasteiger partial charge in [0.25, 0.3) is 0 Å². The molecule has 2 spiro atoms. The summed E-state index contributed by atoms with van der Waals surface area (Å²) in [6, 6.07) is 30.2. The SMILES string of the molecule is C=C=N[Si](C)(C)C.[C-]#[N+]/N=C1/CC2(CCCN(c3ncccn3)C2)Oc2ccc(-c3cccc([N+]#[C-])c3)cc21.[C-]#[N+]c1cccc(-c2ccc3c(c2)C(=O)CC2(CCCN(c4ncccn4)C2)O3)c1. The lowest BCUT2D eigenvalue weighted by Gasteiger charge is -2.45. The molecule has 15 heteroatoms. The van der Waals surface area contributed by atoms with Crippen LogP contribution in [0.5, 0.6) is 11.5 Å². The highest BCUT2D eigenvalue weighted by Crippen LogP contribution is 2.43. The first-order valence-electron chi connectivity index (χ1n) is 22.8. The number of hydrogen-bond donors (Lipinski definition) is 0. The van der Waals surface area contributed by atoms with Crippen molar-refractivity contribution in [2.24, 2.45) is 9.76 Å². The van der Waals surface area contributed by atoms with Crippen molar-refractivity contribution in [3.63, 3.8) is 0 Å². The van der Waals surface area contributed by atoms with E-state index in [1.54, 1.807) is 43.0 Å². The van der Waals surface area contributed by atoms with Crippen LogP contribution in [-0.4, -0.2) is 82.9 Å². The second-order valence-corrected chi connectivity index (χ2v) is 22.9. The number of carbonyl (C=O) groups excluding carboxylic acids is 1. The molecule has 2 unspecified atom stereocenters. The molecule has 6 aromatic rings. The topological polar surface area (TPSA) is 131 Å². The molecule has 0 aliphatic carbocycles. The van der Waals surface area contributed by atoms with Crippen molar-refractivity contribution in [2.45, 2.75) is 69.4 Å². The van der Waals surface area contributed by atoms with Gasteiger partial charge in [-0.2, -0.15) is 6.57 Å². The van der Waals surface area contributed by atoms with E-state index in [0.717, 1.165) is 78.1 Å². The molecule has 2 fully saturated rings. The number of rotatable bonds is 5. The Labute approximate surface area is 404 Å². The summed E-state index contributed by atoms with van der Waals surface area (Å²) >= 11 is 0. The van der Waals surface area contributed by atoms with Crippen molar-refractivity contribution >= 4 is 48.9 Å². The summed E-state index contributed by atoms with van der Waals surface area (Å²) in [5, 5.41) is 4.17. The maximum atomic E-state index is 13.1. The van der Waals surface area contributed by atoms with Crippen molar-refractivity contribution in [3.05, 3.63) is 174 Å². The molecule has 4 aliphatic rings. The van der Waals surface area contributed by atoms with Crippen molar-refractivity contribution in [2.75, 3.05) is 36.0 Å². The second-order valence-electron chi connectivity index (χ2n) is 18.3. The number of piperidine rings is 2. The summed E-state index contributed by atoms with van der Waals surface area (Å²) in [6.45, 7) is 34.6. The quantitative estimate of drug-likeness (QED) is 0.0717. The minimum absolute atomic E-state index is 0.0928. The van der Waals surface area contributed by atoms with Crippen molar-refractivity contribution in [1.29, 1.82) is 0 Å². The Bertz CT molecular complexity index is 3060. The summed E-state index contributed by atoms with van der Waals surface area (Å²) in [4.78, 5) is 45.3. The molecule has 0 N–H and O–H groups in total. The van der Waals surface area contributed by atoms with Crippen LogP contribution in [-0.2, 0) is 0 Å². The standard InChI is InChI=1S/C25H20N6O.C24H20N4O2.C5H11NSi/c1-26-20-7-3-6-18(14-20)19-8-9-23-21(15-19)22(30-27-2)16-25(32-23)10-4-13-31(17-25)24-28-11-5-12-29-24;1-25-19-6-2-5-17(13-19)18-7-8-22-20(14-18)21(29)15-24(30-22)9-3-12-28(16-24)23-26-10-4-11-27-23;1-5-6-7(2,3)4/h3,5-9,11-12,14-15H,4,10,13,16-17H2;2,4-8,10-11,13-14H,3,9,12,15-16H2;1H2,2-4H3/b30-22-;;. The molecular formula is C54H51N11O3Si. The zero-order valence-electron chi connectivity index (χ0n) is 39.0. The van der Waals surface area contributed by atoms with Crippen molar-refractivity contribution in [3.8, 4) is 33.8 Å². The normalized spacial score (nSPS) is 19.5. The lowest BCUT2D eigenvalue weighted by atomic mass is 9.82. The Morgan fingerprint density at radius 1 is 0.652 bits per heavy atom. The van der Waals surface area contributed by atoms with E-state index in [9.17, 15) is 4.79 Å². The monoisotopic (exact) mass is 929 g/mol. The molecule has 4 aromatic carbocycles. The lowest BCUT2D eigenvalue weighted by molar-refractivity contribution is 0.0301. The Morgan fingerprint density at radius 2 is 1.13 bits per heavy atom. The Morgan fingerprint density at radius 3 is 1.59 bits per heavy atom. The van der Waals surface area contributed by atoms with E-state index in [2.05, 4.69) is 86.2 Å². The Kier molecular flexibility index (Phi) is 14.2. The molecule has 6 heterocycles. The fourth-order valence-electron chi connectivity index (χ4n) is 9.17. The molecule has 4 aliphatic heterocycles. The third-order valence-electron chi connectivity index (χ3n) is 12.1. The largest absolute Gasteiger partial charge is 0.484 e. The summed E-state index contributed by atoms with van der Waals surface area (Å²) in [7, 11) is -1.21. The van der Waals surface area contributed by atoms with Crippen molar-refractivity contribution < 1.29 is 14.3 Å². The maximum Gasteiger partial charge on any atom is 0.225 e. The van der Waals surface area contributed by atoms with Crippen LogP contribution < -0.4 is 19.3 Å². The van der Waals surface area contributed by atoms with Gasteiger partial charge in [0.05, 0.1) is 43.3 Å². The number of hydrogen-bond acceptors (Lipinski definition) is 11. The number of ketones is 1. The zero-order chi connectivity index (χ0) is 48.4. The number of Topliss-reactive ketones (excluding diaryl/α,β-unsaturated/α-hetero) is 1. The van der Waals surface area contributed by atoms with Gasteiger partial charge in [-0.05, 0) is 129 Å². The molecule has 2 atom stereocenters. The van der Waals surface area contributed by atoms with Crippen LogP contribution in [0.3, 0.4) is 0 Å². The second kappa shape index (κ2) is 20.7. The highest BCUT2D eigenvalue weighted by Gasteiger charge is 2.46. The summed E-state index contributed by atoms with van der Waals surface area (Å²) in [5.41, 5.74) is 6.09. The van der Waals surface area contributed by atoms with Gasteiger partial charge < -0.3 is 19.3 Å². The van der Waals surface area contributed by atoms with E-state index in [0.29, 0.717) is 60.5 Å². The summed E-state index contributed by atoms with van der Waals surface area (Å²) in [6.07, 6.45) is 11.4. The van der Waals surface area contributed by atoms with E-state index in [1.807, 2.05) is 78.9 Å². The van der Waals surface area contributed by atoms with Crippen LogP contribution in [0.25, 0.3) is 36.9 Å². The molecule has 2 aromatic heterocycles. The van der Waals surface area contributed by atoms with Crippen LogP contribution in [0.1, 0.15) is 54.4 Å². The van der Waals surface area contributed by atoms with Gasteiger partial charge >= 0.3 is 0 Å². The average molecular weight is 930 g/mol. The van der Waals surface area contributed by atoms with Crippen LogP contribution >= 0.6 is 0 Å². The molecule has 2 saturated heterocycles. The van der Waals surface area contributed by atoms with Gasteiger partial charge in [0.15, 0.2) is 25.4 Å². The summed E-state index contributed by atoms with van der Waals surface area (Å²) < 4.78 is 17.1. The predicted octanol–water partition coefficient (Wildman–Crippen LogP) is 11.5. The number of nitrogens with zero attached hydrogens (tertiary/aromatic N) is 11. The van der Waals surface area contributed by atoms with Gasteiger partial charge in [-0.3, -0.25) is 9.45 Å². The minimum atomic E-state index is -1.21. The molecule has 14 nitrogen and oxygen atoms in total. The van der Waals surface area contributed by atoms with E-state index in [4.69, 9.17) is 29.2 Å². The van der Waals surface area contributed by atoms with E-state index in [1.165, 1.54) is 0 Å². The summed E-state index contributed by atoms with van der Waals surface area (Å²) in [5.74, 6) is 5.37.